The van der Waals surface area contributed by atoms with Gasteiger partial charge in [-0.25, -0.2) is 0 Å². The summed E-state index contributed by atoms with van der Waals surface area (Å²) in [6.07, 6.45) is 0.736. The first kappa shape index (κ1) is 14.7. The Kier molecular flexibility index (Phi) is 3.66. The lowest BCUT2D eigenvalue weighted by Gasteiger charge is -2.18. The predicted molar refractivity (Wildman–Crippen MR) is 97.7 cm³/mol. The van der Waals surface area contributed by atoms with Crippen molar-refractivity contribution in [3.8, 4) is 0 Å². The van der Waals surface area contributed by atoms with Gasteiger partial charge in [0.2, 0.25) is 5.91 Å². The van der Waals surface area contributed by atoms with Gasteiger partial charge in [-0.1, -0.05) is 66.2 Å². The van der Waals surface area contributed by atoms with Crippen molar-refractivity contribution in [3.63, 3.8) is 0 Å². The summed E-state index contributed by atoms with van der Waals surface area (Å²) in [5, 5.41) is 0. The van der Waals surface area contributed by atoms with E-state index in [-0.39, 0.29) is 11.8 Å². The van der Waals surface area contributed by atoms with Gasteiger partial charge in [-0.3, -0.25) is 9.69 Å². The van der Waals surface area contributed by atoms with Crippen LogP contribution in [0.1, 0.15) is 22.6 Å². The highest BCUT2D eigenvalue weighted by atomic mass is 16.2. The maximum Gasteiger partial charge on any atom is 0.239 e. The average molecular weight is 313 g/mol. The molecule has 2 heteroatoms. The maximum atomic E-state index is 13.2. The molecule has 3 aromatic rings. The Morgan fingerprint density at radius 2 is 1.50 bits per heavy atom. The molecule has 0 N–H and O–H groups in total. The fourth-order valence-corrected chi connectivity index (χ4v) is 3.39. The van der Waals surface area contributed by atoms with Gasteiger partial charge in [-0.15, -0.1) is 0 Å². The predicted octanol–water partition coefficient (Wildman–Crippen LogP) is 5.00. The number of fused-ring (bicyclic) bond motifs is 1. The second kappa shape index (κ2) is 5.97. The van der Waals surface area contributed by atoms with Crippen LogP contribution in [-0.2, 0) is 11.2 Å². The van der Waals surface area contributed by atoms with Gasteiger partial charge in [0.05, 0.1) is 11.6 Å². The van der Waals surface area contributed by atoms with Gasteiger partial charge in [0, 0.05) is 5.69 Å². The Morgan fingerprint density at radius 3 is 2.25 bits per heavy atom. The van der Waals surface area contributed by atoms with Crippen molar-refractivity contribution in [2.24, 2.45) is 0 Å². The number of benzene rings is 3. The summed E-state index contributed by atoms with van der Waals surface area (Å²) in [5.74, 6) is 0.0343. The average Bonchev–Trinajstić information content (AvgIpc) is 2.90. The third-order valence-corrected chi connectivity index (χ3v) is 4.65. The molecule has 1 atom stereocenters. The molecule has 118 valence electrons. The summed E-state index contributed by atoms with van der Waals surface area (Å²) in [4.78, 5) is 15.0. The van der Waals surface area contributed by atoms with Crippen molar-refractivity contribution >= 4 is 17.3 Å². The van der Waals surface area contributed by atoms with Crippen LogP contribution in [0.15, 0.2) is 78.9 Å². The minimum atomic E-state index is -0.121. The van der Waals surface area contributed by atoms with E-state index in [4.69, 9.17) is 0 Å². The molecule has 4 rings (SSSR count). The minimum absolute atomic E-state index is 0.121. The molecule has 1 amide bonds. The topological polar surface area (TPSA) is 20.3 Å². The number of nitrogens with zero attached hydrogens (tertiary/aromatic N) is 1. The first-order valence-electron chi connectivity index (χ1n) is 8.27. The third-order valence-electron chi connectivity index (χ3n) is 4.65. The molecule has 0 aliphatic carbocycles. The molecule has 1 aliphatic heterocycles. The summed E-state index contributed by atoms with van der Waals surface area (Å²) in [7, 11) is 0. The van der Waals surface area contributed by atoms with Gasteiger partial charge in [0.15, 0.2) is 0 Å². The lowest BCUT2D eigenvalue weighted by molar-refractivity contribution is -0.118. The molecule has 0 fully saturated rings. The highest BCUT2D eigenvalue weighted by Gasteiger charge is 2.37. The zero-order valence-corrected chi connectivity index (χ0v) is 13.6. The van der Waals surface area contributed by atoms with E-state index < -0.39 is 0 Å². The monoisotopic (exact) mass is 313 g/mol. The number of hydrogen-bond acceptors (Lipinski definition) is 1. The number of carbonyl (C=O) groups is 1. The Balaban J connectivity index is 1.74. The number of anilines is 2. The van der Waals surface area contributed by atoms with E-state index in [9.17, 15) is 4.79 Å². The summed E-state index contributed by atoms with van der Waals surface area (Å²) in [6.45, 7) is 2.08. The molecular weight excluding hydrogens is 294 g/mol. The van der Waals surface area contributed by atoms with Gasteiger partial charge in [-0.05, 0) is 42.7 Å². The largest absolute Gasteiger partial charge is 0.280 e. The van der Waals surface area contributed by atoms with Gasteiger partial charge < -0.3 is 0 Å². The zero-order chi connectivity index (χ0) is 16.5. The summed E-state index contributed by atoms with van der Waals surface area (Å²) in [6, 6.07) is 26.5. The summed E-state index contributed by atoms with van der Waals surface area (Å²) in [5.41, 5.74) is 5.49. The highest BCUT2D eigenvalue weighted by molar-refractivity contribution is 6.10. The van der Waals surface area contributed by atoms with Crippen LogP contribution in [0.3, 0.4) is 0 Å². The van der Waals surface area contributed by atoms with E-state index in [0.29, 0.717) is 0 Å². The molecular formula is C22H19NO. The molecule has 0 saturated heterocycles. The van der Waals surface area contributed by atoms with Gasteiger partial charge in [0.25, 0.3) is 0 Å². The first-order chi connectivity index (χ1) is 11.7. The second-order valence-corrected chi connectivity index (χ2v) is 6.31. The summed E-state index contributed by atoms with van der Waals surface area (Å²) < 4.78 is 0. The van der Waals surface area contributed by atoms with Crippen LogP contribution in [0, 0.1) is 6.92 Å². The van der Waals surface area contributed by atoms with Crippen molar-refractivity contribution < 1.29 is 4.79 Å². The minimum Gasteiger partial charge on any atom is -0.280 e. The van der Waals surface area contributed by atoms with Crippen LogP contribution < -0.4 is 4.90 Å². The van der Waals surface area contributed by atoms with Crippen molar-refractivity contribution in [2.75, 3.05) is 4.90 Å². The third kappa shape index (κ3) is 2.50. The van der Waals surface area contributed by atoms with E-state index in [1.54, 1.807) is 0 Å². The number of rotatable bonds is 3. The molecule has 1 aliphatic rings. The Morgan fingerprint density at radius 1 is 0.833 bits per heavy atom. The first-order valence-corrected chi connectivity index (χ1v) is 8.27. The second-order valence-electron chi connectivity index (χ2n) is 6.31. The smallest absolute Gasteiger partial charge is 0.239 e. The number of amides is 1. The molecule has 1 heterocycles. The quantitative estimate of drug-likeness (QED) is 0.666. The fourth-order valence-electron chi connectivity index (χ4n) is 3.39. The molecule has 0 radical (unpaired) electrons. The molecule has 0 aromatic heterocycles. The summed E-state index contributed by atoms with van der Waals surface area (Å²) >= 11 is 0. The molecule has 0 bridgehead atoms. The lowest BCUT2D eigenvalue weighted by Crippen LogP contribution is -2.24. The van der Waals surface area contributed by atoms with Gasteiger partial charge >= 0.3 is 0 Å². The highest BCUT2D eigenvalue weighted by Crippen LogP contribution is 2.43. The van der Waals surface area contributed by atoms with Gasteiger partial charge in [0.1, 0.15) is 0 Å². The van der Waals surface area contributed by atoms with E-state index in [2.05, 4.69) is 37.3 Å². The number of hydrogen-bond donors (Lipinski definition) is 0. The Hall–Kier alpha value is -2.87. The number of para-hydroxylation sites is 2. The normalized spacial score (nSPS) is 16.3. The number of carbonyl (C=O) groups excluding carboxylic acids is 1. The molecule has 1 unspecified atom stereocenters. The zero-order valence-electron chi connectivity index (χ0n) is 13.6. The molecule has 24 heavy (non-hydrogen) atoms. The van der Waals surface area contributed by atoms with E-state index in [1.165, 1.54) is 11.1 Å². The number of aryl methyl sites for hydroxylation is 1. The van der Waals surface area contributed by atoms with Crippen LogP contribution >= 0.6 is 0 Å². The van der Waals surface area contributed by atoms with Crippen LogP contribution in [-0.4, -0.2) is 5.91 Å². The fraction of sp³-hybridized carbons (Fsp3) is 0.136. The Labute approximate surface area is 142 Å². The Bertz CT molecular complexity index is 868. The van der Waals surface area contributed by atoms with Gasteiger partial charge in [-0.2, -0.15) is 0 Å². The van der Waals surface area contributed by atoms with Crippen molar-refractivity contribution in [1.29, 1.82) is 0 Å². The van der Waals surface area contributed by atoms with Crippen LogP contribution in [0.2, 0.25) is 0 Å². The van der Waals surface area contributed by atoms with E-state index in [0.717, 1.165) is 23.4 Å². The van der Waals surface area contributed by atoms with Crippen molar-refractivity contribution in [1.82, 2.24) is 0 Å². The van der Waals surface area contributed by atoms with E-state index >= 15 is 0 Å². The molecule has 0 spiro atoms. The molecule has 2 nitrogen and oxygen atoms in total. The van der Waals surface area contributed by atoms with Crippen LogP contribution in [0.5, 0.6) is 0 Å². The standard InChI is InChI=1S/C22H19NO/c1-16-11-13-17(14-12-16)15-20-19-9-5-6-10-21(19)23(22(20)24)18-7-3-2-4-8-18/h2-14,20H,15H2,1H3. The van der Waals surface area contributed by atoms with Crippen molar-refractivity contribution in [3.05, 3.63) is 95.6 Å². The van der Waals surface area contributed by atoms with Crippen molar-refractivity contribution in [2.45, 2.75) is 19.3 Å². The van der Waals surface area contributed by atoms with E-state index in [1.807, 2.05) is 53.4 Å². The van der Waals surface area contributed by atoms with Crippen LogP contribution in [0.4, 0.5) is 11.4 Å². The SMILES string of the molecule is Cc1ccc(CC2C(=O)N(c3ccccc3)c3ccccc32)cc1. The molecule has 0 saturated carbocycles. The van der Waals surface area contributed by atoms with Crippen LogP contribution in [0.25, 0.3) is 0 Å². The molecule has 3 aromatic carbocycles. The maximum absolute atomic E-state index is 13.2. The lowest BCUT2D eigenvalue weighted by atomic mass is 9.93.